The minimum absolute atomic E-state index is 0.00365. The van der Waals surface area contributed by atoms with Crippen LogP contribution in [0.25, 0.3) is 0 Å². The van der Waals surface area contributed by atoms with Crippen molar-refractivity contribution in [3.63, 3.8) is 0 Å². The van der Waals surface area contributed by atoms with Gasteiger partial charge in [-0.2, -0.15) is 0 Å². The van der Waals surface area contributed by atoms with Gasteiger partial charge < -0.3 is 10.1 Å². The van der Waals surface area contributed by atoms with E-state index >= 15 is 0 Å². The lowest BCUT2D eigenvalue weighted by Crippen LogP contribution is -2.29. The second-order valence-electron chi connectivity index (χ2n) is 7.65. The van der Waals surface area contributed by atoms with Gasteiger partial charge in [-0.25, -0.2) is 17.5 Å². The smallest absolute Gasteiger partial charge is 0.252 e. The molecule has 1 amide bonds. The van der Waals surface area contributed by atoms with Crippen LogP contribution < -0.4 is 14.8 Å². The third-order valence-corrected chi connectivity index (χ3v) is 6.79. The zero-order valence-corrected chi connectivity index (χ0v) is 18.2. The number of ether oxygens (including phenoxy) is 1. The molecule has 6 nitrogen and oxygen atoms in total. The molecule has 0 spiro atoms. The molecule has 1 aliphatic rings. The maximum atomic E-state index is 13.4. The van der Waals surface area contributed by atoms with E-state index in [1.807, 2.05) is 12.1 Å². The maximum absolute atomic E-state index is 13.4. The molecule has 2 N–H and O–H groups in total. The van der Waals surface area contributed by atoms with Crippen LogP contribution >= 0.6 is 0 Å². The number of carbonyl (C=O) groups excluding carboxylic acids is 1. The molecule has 32 heavy (non-hydrogen) atoms. The molecule has 166 valence electrons. The van der Waals surface area contributed by atoms with Gasteiger partial charge >= 0.3 is 0 Å². The molecule has 1 atom stereocenters. The van der Waals surface area contributed by atoms with E-state index in [1.54, 1.807) is 31.4 Å². The standard InChI is InChI=1S/C24H23FN2O4S/c1-31-21-12-4-17(5-13-21)23(16-2-8-19(25)9-3-16)26-24(28)18-6-14-22(15-7-18)32(29,30)27-20-10-11-20/h2-9,12-15,20,23,27H,10-11H2,1H3,(H,26,28). The lowest BCUT2D eigenvalue weighted by molar-refractivity contribution is 0.0943. The van der Waals surface area contributed by atoms with E-state index in [4.69, 9.17) is 4.74 Å². The van der Waals surface area contributed by atoms with E-state index in [-0.39, 0.29) is 22.7 Å². The van der Waals surface area contributed by atoms with Gasteiger partial charge in [0.05, 0.1) is 18.0 Å². The summed E-state index contributed by atoms with van der Waals surface area (Å²) in [5.74, 6) is -0.0751. The van der Waals surface area contributed by atoms with Crippen molar-refractivity contribution in [3.8, 4) is 5.75 Å². The molecule has 0 aromatic heterocycles. The number of benzene rings is 3. The first-order valence-electron chi connectivity index (χ1n) is 10.2. The zero-order valence-electron chi connectivity index (χ0n) is 17.4. The average molecular weight is 455 g/mol. The fourth-order valence-electron chi connectivity index (χ4n) is 3.30. The molecule has 3 aromatic carbocycles. The summed E-state index contributed by atoms with van der Waals surface area (Å²) in [6.07, 6.45) is 1.69. The predicted octanol–water partition coefficient (Wildman–Crippen LogP) is 3.79. The second kappa shape index (κ2) is 9.10. The maximum Gasteiger partial charge on any atom is 0.252 e. The quantitative estimate of drug-likeness (QED) is 0.542. The van der Waals surface area contributed by atoms with Crippen molar-refractivity contribution in [1.82, 2.24) is 10.0 Å². The van der Waals surface area contributed by atoms with E-state index < -0.39 is 16.1 Å². The summed E-state index contributed by atoms with van der Waals surface area (Å²) in [6, 6.07) is 18.4. The molecular weight excluding hydrogens is 431 g/mol. The lowest BCUT2D eigenvalue weighted by atomic mass is 9.98. The highest BCUT2D eigenvalue weighted by Gasteiger charge is 2.28. The molecule has 4 rings (SSSR count). The largest absolute Gasteiger partial charge is 0.497 e. The molecule has 1 saturated carbocycles. The average Bonchev–Trinajstić information content (AvgIpc) is 3.61. The Kier molecular flexibility index (Phi) is 6.25. The molecule has 0 heterocycles. The highest BCUT2D eigenvalue weighted by molar-refractivity contribution is 7.89. The van der Waals surface area contributed by atoms with E-state index in [0.29, 0.717) is 16.9 Å². The van der Waals surface area contributed by atoms with E-state index in [2.05, 4.69) is 10.0 Å². The molecular formula is C24H23FN2O4S. The Bertz CT molecular complexity index is 1190. The fraction of sp³-hybridized carbons (Fsp3) is 0.208. The second-order valence-corrected chi connectivity index (χ2v) is 9.37. The number of carbonyl (C=O) groups is 1. The van der Waals surface area contributed by atoms with Crippen molar-refractivity contribution in [3.05, 3.63) is 95.3 Å². The van der Waals surface area contributed by atoms with Gasteiger partial charge in [0.1, 0.15) is 11.6 Å². The number of rotatable bonds is 8. The van der Waals surface area contributed by atoms with Crippen LogP contribution in [0.4, 0.5) is 4.39 Å². The topological polar surface area (TPSA) is 84.5 Å². The Labute approximate surface area is 186 Å². The highest BCUT2D eigenvalue weighted by atomic mass is 32.2. The van der Waals surface area contributed by atoms with Crippen molar-refractivity contribution in [2.45, 2.75) is 29.8 Å². The molecule has 3 aromatic rings. The van der Waals surface area contributed by atoms with Crippen LogP contribution in [0.1, 0.15) is 40.4 Å². The predicted molar refractivity (Wildman–Crippen MR) is 118 cm³/mol. The highest BCUT2D eigenvalue weighted by Crippen LogP contribution is 2.26. The van der Waals surface area contributed by atoms with Crippen LogP contribution in [0.5, 0.6) is 5.75 Å². The Morgan fingerprint density at radius 1 is 0.938 bits per heavy atom. The summed E-state index contributed by atoms with van der Waals surface area (Å²) in [4.78, 5) is 13.1. The summed E-state index contributed by atoms with van der Waals surface area (Å²) in [5.41, 5.74) is 1.81. The van der Waals surface area contributed by atoms with Crippen molar-refractivity contribution in [2.24, 2.45) is 0 Å². The molecule has 0 saturated heterocycles. The van der Waals surface area contributed by atoms with Crippen molar-refractivity contribution < 1.29 is 22.3 Å². The van der Waals surface area contributed by atoms with E-state index in [1.165, 1.54) is 36.4 Å². The monoisotopic (exact) mass is 454 g/mol. The Hall–Kier alpha value is -3.23. The summed E-state index contributed by atoms with van der Waals surface area (Å²) < 4.78 is 45.9. The van der Waals surface area contributed by atoms with Crippen LogP contribution in [0.15, 0.2) is 77.7 Å². The number of halogens is 1. The van der Waals surface area contributed by atoms with Crippen molar-refractivity contribution in [1.29, 1.82) is 0 Å². The van der Waals surface area contributed by atoms with Gasteiger partial charge in [0, 0.05) is 11.6 Å². The van der Waals surface area contributed by atoms with Gasteiger partial charge in [-0.05, 0) is 72.5 Å². The lowest BCUT2D eigenvalue weighted by Gasteiger charge is -2.20. The SMILES string of the molecule is COc1ccc(C(NC(=O)c2ccc(S(=O)(=O)NC3CC3)cc2)c2ccc(F)cc2)cc1. The van der Waals surface area contributed by atoms with Gasteiger partial charge in [0.2, 0.25) is 10.0 Å². The summed E-state index contributed by atoms with van der Waals surface area (Å²) in [5, 5.41) is 2.96. The van der Waals surface area contributed by atoms with Crippen LogP contribution in [0.3, 0.4) is 0 Å². The number of nitrogens with one attached hydrogen (secondary N) is 2. The van der Waals surface area contributed by atoms with Crippen molar-refractivity contribution >= 4 is 15.9 Å². The van der Waals surface area contributed by atoms with Crippen LogP contribution in [-0.4, -0.2) is 27.5 Å². The Balaban J connectivity index is 1.57. The van der Waals surface area contributed by atoms with Crippen LogP contribution in [-0.2, 0) is 10.0 Å². The number of hydrogen-bond donors (Lipinski definition) is 2. The third-order valence-electron chi connectivity index (χ3n) is 5.25. The molecule has 0 radical (unpaired) electrons. The number of amides is 1. The molecule has 8 heteroatoms. The Morgan fingerprint density at radius 3 is 2.03 bits per heavy atom. The van der Waals surface area contributed by atoms with Gasteiger partial charge in [-0.3, -0.25) is 4.79 Å². The summed E-state index contributed by atoms with van der Waals surface area (Å²) in [7, 11) is -2.02. The summed E-state index contributed by atoms with van der Waals surface area (Å²) in [6.45, 7) is 0. The first-order chi connectivity index (χ1) is 15.4. The zero-order chi connectivity index (χ0) is 22.7. The van der Waals surface area contributed by atoms with E-state index in [0.717, 1.165) is 18.4 Å². The number of sulfonamides is 1. The van der Waals surface area contributed by atoms with Gasteiger partial charge in [-0.15, -0.1) is 0 Å². The fourth-order valence-corrected chi connectivity index (χ4v) is 4.60. The van der Waals surface area contributed by atoms with Crippen LogP contribution in [0, 0.1) is 5.82 Å². The molecule has 0 bridgehead atoms. The first kappa shape index (κ1) is 22.0. The summed E-state index contributed by atoms with van der Waals surface area (Å²) >= 11 is 0. The molecule has 1 unspecified atom stereocenters. The van der Waals surface area contributed by atoms with Gasteiger partial charge in [0.25, 0.3) is 5.91 Å². The van der Waals surface area contributed by atoms with Crippen molar-refractivity contribution in [2.75, 3.05) is 7.11 Å². The van der Waals surface area contributed by atoms with Gasteiger partial charge in [0.15, 0.2) is 0 Å². The minimum Gasteiger partial charge on any atom is -0.497 e. The normalized spacial score (nSPS) is 14.6. The van der Waals surface area contributed by atoms with E-state index in [9.17, 15) is 17.6 Å². The molecule has 0 aliphatic heterocycles. The number of hydrogen-bond acceptors (Lipinski definition) is 4. The minimum atomic E-state index is -3.59. The Morgan fingerprint density at radius 2 is 1.50 bits per heavy atom. The number of methoxy groups -OCH3 is 1. The van der Waals surface area contributed by atoms with Gasteiger partial charge in [-0.1, -0.05) is 24.3 Å². The molecule has 1 fully saturated rings. The third kappa shape index (κ3) is 5.15. The first-order valence-corrected chi connectivity index (χ1v) is 11.7. The van der Waals surface area contributed by atoms with Crippen LogP contribution in [0.2, 0.25) is 0 Å². The molecule has 1 aliphatic carbocycles.